The molecule has 0 radical (unpaired) electrons. The fraction of sp³-hybridized carbons (Fsp3) is 1.00. The SMILES string of the molecule is CC1CN(CCC(C)(C)N)CCCO1. The van der Waals surface area contributed by atoms with Crippen LogP contribution < -0.4 is 5.73 Å². The van der Waals surface area contributed by atoms with Crippen LogP contribution in [0.4, 0.5) is 0 Å². The molecule has 2 N–H and O–H groups in total. The van der Waals surface area contributed by atoms with Crippen molar-refractivity contribution in [1.82, 2.24) is 4.90 Å². The summed E-state index contributed by atoms with van der Waals surface area (Å²) in [6.07, 6.45) is 2.58. The lowest BCUT2D eigenvalue weighted by molar-refractivity contribution is 0.0669. The highest BCUT2D eigenvalue weighted by Gasteiger charge is 2.17. The molecule has 1 aliphatic heterocycles. The first-order valence-electron chi connectivity index (χ1n) is 5.60. The quantitative estimate of drug-likeness (QED) is 0.744. The molecule has 0 amide bonds. The minimum absolute atomic E-state index is 0.0452. The third-order valence-corrected chi connectivity index (χ3v) is 2.61. The van der Waals surface area contributed by atoms with Gasteiger partial charge in [0, 0.05) is 25.2 Å². The van der Waals surface area contributed by atoms with Gasteiger partial charge in [-0.05, 0) is 40.2 Å². The van der Waals surface area contributed by atoms with Gasteiger partial charge in [0.2, 0.25) is 0 Å². The Morgan fingerprint density at radius 2 is 2.21 bits per heavy atom. The third kappa shape index (κ3) is 4.94. The van der Waals surface area contributed by atoms with Crippen LogP contribution in [-0.2, 0) is 4.74 Å². The van der Waals surface area contributed by atoms with Crippen molar-refractivity contribution in [2.75, 3.05) is 26.2 Å². The van der Waals surface area contributed by atoms with Gasteiger partial charge < -0.3 is 15.4 Å². The maximum absolute atomic E-state index is 5.97. The average Bonchev–Trinajstić information content (AvgIpc) is 2.25. The molecule has 3 heteroatoms. The number of hydrogen-bond donors (Lipinski definition) is 1. The summed E-state index contributed by atoms with van der Waals surface area (Å²) in [5, 5.41) is 0. The van der Waals surface area contributed by atoms with Gasteiger partial charge in [-0.25, -0.2) is 0 Å². The number of rotatable bonds is 3. The maximum Gasteiger partial charge on any atom is 0.0673 e. The molecular formula is C11H24N2O. The molecule has 1 fully saturated rings. The van der Waals surface area contributed by atoms with Gasteiger partial charge in [0.25, 0.3) is 0 Å². The number of nitrogens with zero attached hydrogens (tertiary/aromatic N) is 1. The molecule has 0 saturated carbocycles. The van der Waals surface area contributed by atoms with Crippen molar-refractivity contribution in [3.63, 3.8) is 0 Å². The molecule has 1 rings (SSSR count). The van der Waals surface area contributed by atoms with Gasteiger partial charge >= 0.3 is 0 Å². The van der Waals surface area contributed by atoms with Gasteiger partial charge in [0.1, 0.15) is 0 Å². The topological polar surface area (TPSA) is 38.5 Å². The minimum atomic E-state index is -0.0452. The van der Waals surface area contributed by atoms with Gasteiger partial charge in [0.15, 0.2) is 0 Å². The molecule has 0 aromatic heterocycles. The molecule has 0 bridgehead atoms. The Morgan fingerprint density at radius 3 is 2.86 bits per heavy atom. The highest BCUT2D eigenvalue weighted by atomic mass is 16.5. The Balaban J connectivity index is 2.28. The summed E-state index contributed by atoms with van der Waals surface area (Å²) in [4.78, 5) is 2.46. The van der Waals surface area contributed by atoms with Crippen LogP contribution in [0.1, 0.15) is 33.6 Å². The summed E-state index contributed by atoms with van der Waals surface area (Å²) < 4.78 is 5.59. The molecule has 14 heavy (non-hydrogen) atoms. The zero-order valence-corrected chi connectivity index (χ0v) is 9.75. The van der Waals surface area contributed by atoms with E-state index in [1.807, 2.05) is 0 Å². The van der Waals surface area contributed by atoms with Crippen molar-refractivity contribution in [2.24, 2.45) is 5.73 Å². The molecule has 1 heterocycles. The molecule has 1 atom stereocenters. The third-order valence-electron chi connectivity index (χ3n) is 2.61. The fourth-order valence-electron chi connectivity index (χ4n) is 1.73. The summed E-state index contributed by atoms with van der Waals surface area (Å²) in [7, 11) is 0. The van der Waals surface area contributed by atoms with Crippen LogP contribution in [0.25, 0.3) is 0 Å². The average molecular weight is 200 g/mol. The second kappa shape index (κ2) is 5.10. The maximum atomic E-state index is 5.97. The van der Waals surface area contributed by atoms with Crippen molar-refractivity contribution >= 4 is 0 Å². The standard InChI is InChI=1S/C11H24N2O/c1-10-9-13(6-4-8-14-10)7-5-11(2,3)12/h10H,4-9,12H2,1-3H3. The summed E-state index contributed by atoms with van der Waals surface area (Å²) in [6.45, 7) is 10.5. The second-order valence-corrected chi connectivity index (χ2v) is 5.07. The lowest BCUT2D eigenvalue weighted by atomic mass is 10.0. The molecule has 0 aromatic carbocycles. The zero-order valence-electron chi connectivity index (χ0n) is 9.75. The Morgan fingerprint density at radius 1 is 1.50 bits per heavy atom. The van der Waals surface area contributed by atoms with E-state index in [2.05, 4.69) is 25.7 Å². The van der Waals surface area contributed by atoms with E-state index in [1.165, 1.54) is 0 Å². The summed E-state index contributed by atoms with van der Waals surface area (Å²) in [5.74, 6) is 0. The summed E-state index contributed by atoms with van der Waals surface area (Å²) in [6, 6.07) is 0. The van der Waals surface area contributed by atoms with Crippen molar-refractivity contribution in [3.8, 4) is 0 Å². The van der Waals surface area contributed by atoms with Gasteiger partial charge in [-0.2, -0.15) is 0 Å². The van der Waals surface area contributed by atoms with Crippen molar-refractivity contribution in [3.05, 3.63) is 0 Å². The zero-order chi connectivity index (χ0) is 10.6. The smallest absolute Gasteiger partial charge is 0.0673 e. The van der Waals surface area contributed by atoms with E-state index in [0.717, 1.165) is 39.1 Å². The molecule has 1 aliphatic rings. The lowest BCUT2D eigenvalue weighted by Gasteiger charge is -2.26. The van der Waals surface area contributed by atoms with E-state index in [-0.39, 0.29) is 5.54 Å². The van der Waals surface area contributed by atoms with Gasteiger partial charge in [-0.15, -0.1) is 0 Å². The van der Waals surface area contributed by atoms with Crippen LogP contribution in [-0.4, -0.2) is 42.8 Å². The van der Waals surface area contributed by atoms with E-state index in [4.69, 9.17) is 10.5 Å². The van der Waals surface area contributed by atoms with Crippen LogP contribution in [0.2, 0.25) is 0 Å². The van der Waals surface area contributed by atoms with Crippen LogP contribution in [0.15, 0.2) is 0 Å². The minimum Gasteiger partial charge on any atom is -0.377 e. The van der Waals surface area contributed by atoms with Crippen molar-refractivity contribution < 1.29 is 4.74 Å². The normalized spacial score (nSPS) is 26.1. The Hall–Kier alpha value is -0.120. The lowest BCUT2D eigenvalue weighted by Crippen LogP contribution is -2.39. The number of ether oxygens (including phenoxy) is 1. The van der Waals surface area contributed by atoms with Crippen LogP contribution in [0, 0.1) is 0 Å². The predicted molar refractivity (Wildman–Crippen MR) is 59.4 cm³/mol. The monoisotopic (exact) mass is 200 g/mol. The van der Waals surface area contributed by atoms with E-state index < -0.39 is 0 Å². The Kier molecular flexibility index (Phi) is 4.35. The number of hydrogen-bond acceptors (Lipinski definition) is 3. The van der Waals surface area contributed by atoms with E-state index in [1.54, 1.807) is 0 Å². The van der Waals surface area contributed by atoms with Crippen LogP contribution >= 0.6 is 0 Å². The molecular weight excluding hydrogens is 176 g/mol. The molecule has 1 saturated heterocycles. The first-order chi connectivity index (χ1) is 6.47. The van der Waals surface area contributed by atoms with E-state index >= 15 is 0 Å². The van der Waals surface area contributed by atoms with Crippen molar-refractivity contribution in [2.45, 2.75) is 45.3 Å². The van der Waals surface area contributed by atoms with Crippen molar-refractivity contribution in [1.29, 1.82) is 0 Å². The highest BCUT2D eigenvalue weighted by Crippen LogP contribution is 2.09. The number of nitrogens with two attached hydrogens (primary N) is 1. The van der Waals surface area contributed by atoms with E-state index in [9.17, 15) is 0 Å². The summed E-state index contributed by atoms with van der Waals surface area (Å²) >= 11 is 0. The first kappa shape index (κ1) is 12.0. The largest absolute Gasteiger partial charge is 0.377 e. The molecule has 0 spiro atoms. The molecule has 0 aliphatic carbocycles. The fourth-order valence-corrected chi connectivity index (χ4v) is 1.73. The van der Waals surface area contributed by atoms with Gasteiger partial charge in [0.05, 0.1) is 6.10 Å². The first-order valence-corrected chi connectivity index (χ1v) is 5.60. The van der Waals surface area contributed by atoms with Crippen LogP contribution in [0.3, 0.4) is 0 Å². The highest BCUT2D eigenvalue weighted by molar-refractivity contribution is 4.75. The molecule has 0 aromatic rings. The Bertz CT molecular complexity index is 165. The predicted octanol–water partition coefficient (Wildman–Crippen LogP) is 1.22. The molecule has 84 valence electrons. The molecule has 1 unspecified atom stereocenters. The Labute approximate surface area is 87.6 Å². The van der Waals surface area contributed by atoms with E-state index in [0.29, 0.717) is 6.10 Å². The second-order valence-electron chi connectivity index (χ2n) is 5.07. The summed E-state index contributed by atoms with van der Waals surface area (Å²) in [5.41, 5.74) is 5.92. The van der Waals surface area contributed by atoms with Crippen LogP contribution in [0.5, 0.6) is 0 Å². The molecule has 3 nitrogen and oxygen atoms in total. The van der Waals surface area contributed by atoms with Gasteiger partial charge in [-0.1, -0.05) is 0 Å². The van der Waals surface area contributed by atoms with Gasteiger partial charge in [-0.3, -0.25) is 0 Å².